The Morgan fingerprint density at radius 1 is 0.957 bits per heavy atom. The number of benzene rings is 1. The minimum absolute atomic E-state index is 0.00500. The fraction of sp³-hybridized carbons (Fsp3) is 0.684. The van der Waals surface area contributed by atoms with Gasteiger partial charge in [-0.15, -0.1) is 0 Å². The third-order valence-corrected chi connectivity index (χ3v) is 6.11. The van der Waals surface area contributed by atoms with E-state index in [0.29, 0.717) is 19.1 Å². The summed E-state index contributed by atoms with van der Waals surface area (Å²) < 4.78 is 25.2. The van der Waals surface area contributed by atoms with Gasteiger partial charge in [-0.3, -0.25) is 4.57 Å². The van der Waals surface area contributed by atoms with E-state index in [1.54, 1.807) is 0 Å². The van der Waals surface area contributed by atoms with Crippen molar-refractivity contribution in [3.05, 3.63) is 35.9 Å². The molecule has 1 aromatic carbocycles. The lowest BCUT2D eigenvalue weighted by Gasteiger charge is -2.27. The van der Waals surface area contributed by atoms with Gasteiger partial charge in [0.25, 0.3) is 0 Å². The molecule has 0 unspecified atom stereocenters. The monoisotopic (exact) mass is 338 g/mol. The van der Waals surface area contributed by atoms with E-state index in [1.807, 2.05) is 18.2 Å². The molecular weight excluding hydrogens is 307 g/mol. The maximum absolute atomic E-state index is 13.4. The van der Waals surface area contributed by atoms with Crippen molar-refractivity contribution >= 4 is 7.60 Å². The lowest BCUT2D eigenvalue weighted by atomic mass is 9.99. The van der Waals surface area contributed by atoms with Crippen molar-refractivity contribution in [2.75, 3.05) is 13.2 Å². The first-order valence-electron chi connectivity index (χ1n) is 8.44. The summed E-state index contributed by atoms with van der Waals surface area (Å²) in [6.45, 7) is 13.4. The third kappa shape index (κ3) is 5.74. The number of rotatable bonds is 6. The van der Waals surface area contributed by atoms with E-state index < -0.39 is 7.60 Å². The minimum atomic E-state index is -3.09. The second-order valence-corrected chi connectivity index (χ2v) is 11.3. The second kappa shape index (κ2) is 6.70. The molecule has 0 aliphatic heterocycles. The molecule has 23 heavy (non-hydrogen) atoms. The van der Waals surface area contributed by atoms with Crippen LogP contribution in [-0.4, -0.2) is 18.9 Å². The topological polar surface area (TPSA) is 35.5 Å². The van der Waals surface area contributed by atoms with Crippen LogP contribution >= 0.6 is 7.60 Å². The molecule has 1 aliphatic carbocycles. The minimum Gasteiger partial charge on any atom is -0.308 e. The zero-order chi connectivity index (χ0) is 17.3. The maximum atomic E-state index is 13.4. The first kappa shape index (κ1) is 18.7. The zero-order valence-electron chi connectivity index (χ0n) is 15.3. The highest BCUT2D eigenvalue weighted by molar-refractivity contribution is 7.55. The first-order chi connectivity index (χ1) is 10.5. The van der Waals surface area contributed by atoms with Gasteiger partial charge >= 0.3 is 7.60 Å². The Hall–Kier alpha value is -0.630. The molecule has 2 rings (SSSR count). The molecule has 1 aromatic rings. The largest absolute Gasteiger partial charge is 0.334 e. The molecule has 130 valence electrons. The molecular formula is C19H31O3P. The molecule has 1 saturated carbocycles. The fourth-order valence-corrected chi connectivity index (χ4v) is 5.08. The van der Waals surface area contributed by atoms with E-state index in [0.717, 1.165) is 6.42 Å². The van der Waals surface area contributed by atoms with Gasteiger partial charge in [-0.05, 0) is 28.7 Å². The van der Waals surface area contributed by atoms with Crippen LogP contribution in [0.1, 0.15) is 59.4 Å². The van der Waals surface area contributed by atoms with Crippen LogP contribution in [0.15, 0.2) is 30.3 Å². The SMILES string of the molecule is CC(C)(C)COP(=O)(OCC(C)(C)C)[C@H]1C[C@@H]1c1ccccc1. The van der Waals surface area contributed by atoms with Gasteiger partial charge in [-0.2, -0.15) is 0 Å². The quantitative estimate of drug-likeness (QED) is 0.609. The van der Waals surface area contributed by atoms with Crippen molar-refractivity contribution in [2.24, 2.45) is 10.8 Å². The van der Waals surface area contributed by atoms with Gasteiger partial charge in [0.05, 0.1) is 18.9 Å². The summed E-state index contributed by atoms with van der Waals surface area (Å²) in [5.74, 6) is 0.293. The van der Waals surface area contributed by atoms with E-state index in [4.69, 9.17) is 9.05 Å². The zero-order valence-corrected chi connectivity index (χ0v) is 16.2. The lowest BCUT2D eigenvalue weighted by molar-refractivity contribution is 0.122. The van der Waals surface area contributed by atoms with Gasteiger partial charge in [0.1, 0.15) is 0 Å². The predicted molar refractivity (Wildman–Crippen MR) is 96.0 cm³/mol. The standard InChI is InChI=1S/C19H31O3P/c1-18(2,3)13-21-23(20,22-14-19(4,5)6)17-12-16(17)15-10-8-7-9-11-15/h7-11,16-17H,12-14H2,1-6H3/t16-,17+/m1/s1. The molecule has 1 aliphatic rings. The maximum Gasteiger partial charge on any atom is 0.334 e. The average molecular weight is 338 g/mol. The number of hydrogen-bond donors (Lipinski definition) is 0. The Morgan fingerprint density at radius 2 is 1.43 bits per heavy atom. The molecule has 0 N–H and O–H groups in total. The molecule has 3 nitrogen and oxygen atoms in total. The normalized spacial score (nSPS) is 22.2. The van der Waals surface area contributed by atoms with E-state index in [2.05, 4.69) is 53.7 Å². The molecule has 0 aromatic heterocycles. The van der Waals surface area contributed by atoms with Crippen molar-refractivity contribution < 1.29 is 13.6 Å². The molecule has 0 saturated heterocycles. The van der Waals surface area contributed by atoms with Gasteiger partial charge in [0.15, 0.2) is 0 Å². The highest BCUT2D eigenvalue weighted by Gasteiger charge is 2.54. The first-order valence-corrected chi connectivity index (χ1v) is 10.1. The summed E-state index contributed by atoms with van der Waals surface area (Å²) in [5, 5.41) is 0. The van der Waals surface area contributed by atoms with Gasteiger partial charge in [0.2, 0.25) is 0 Å². The fourth-order valence-electron chi connectivity index (χ4n) is 2.39. The van der Waals surface area contributed by atoms with Gasteiger partial charge in [0, 0.05) is 0 Å². The van der Waals surface area contributed by atoms with Crippen LogP contribution < -0.4 is 0 Å². The third-order valence-electron chi connectivity index (χ3n) is 3.75. The summed E-state index contributed by atoms with van der Waals surface area (Å²) in [4.78, 5) is 0. The van der Waals surface area contributed by atoms with Gasteiger partial charge < -0.3 is 9.05 Å². The number of hydrogen-bond acceptors (Lipinski definition) is 3. The highest BCUT2D eigenvalue weighted by atomic mass is 31.2. The molecule has 0 spiro atoms. The summed E-state index contributed by atoms with van der Waals surface area (Å²) in [5.41, 5.74) is 1.17. The van der Waals surface area contributed by atoms with Crippen molar-refractivity contribution in [1.82, 2.24) is 0 Å². The molecule has 4 heteroatoms. The van der Waals surface area contributed by atoms with Crippen molar-refractivity contribution in [3.63, 3.8) is 0 Å². The summed E-state index contributed by atoms with van der Waals surface area (Å²) in [6, 6.07) is 10.3. The van der Waals surface area contributed by atoms with Gasteiger partial charge in [-0.1, -0.05) is 71.9 Å². The molecule has 2 atom stereocenters. The average Bonchev–Trinajstić information content (AvgIpc) is 3.24. The summed E-state index contributed by atoms with van der Waals surface area (Å²) >= 11 is 0. The van der Waals surface area contributed by atoms with E-state index in [9.17, 15) is 4.57 Å². The van der Waals surface area contributed by atoms with Crippen LogP contribution in [0.5, 0.6) is 0 Å². The van der Waals surface area contributed by atoms with Crippen LogP contribution in [0, 0.1) is 10.8 Å². The molecule has 1 fully saturated rings. The van der Waals surface area contributed by atoms with Crippen LogP contribution in [-0.2, 0) is 13.6 Å². The Kier molecular flexibility index (Phi) is 5.45. The van der Waals surface area contributed by atoms with Crippen LogP contribution in [0.25, 0.3) is 0 Å². The summed E-state index contributed by atoms with van der Waals surface area (Å²) in [7, 11) is -3.09. The van der Waals surface area contributed by atoms with E-state index in [-0.39, 0.29) is 16.5 Å². The van der Waals surface area contributed by atoms with Crippen molar-refractivity contribution in [3.8, 4) is 0 Å². The Balaban J connectivity index is 2.09. The Bertz CT molecular complexity index is 532. The van der Waals surface area contributed by atoms with Crippen molar-refractivity contribution in [2.45, 2.75) is 59.5 Å². The van der Waals surface area contributed by atoms with E-state index in [1.165, 1.54) is 5.56 Å². The Morgan fingerprint density at radius 3 is 1.87 bits per heavy atom. The second-order valence-electron chi connectivity index (χ2n) is 9.03. The van der Waals surface area contributed by atoms with Crippen LogP contribution in [0.4, 0.5) is 0 Å². The molecule has 0 amide bonds. The smallest absolute Gasteiger partial charge is 0.308 e. The molecule has 0 bridgehead atoms. The van der Waals surface area contributed by atoms with Gasteiger partial charge in [-0.25, -0.2) is 0 Å². The van der Waals surface area contributed by atoms with Crippen LogP contribution in [0.2, 0.25) is 0 Å². The van der Waals surface area contributed by atoms with E-state index >= 15 is 0 Å². The highest BCUT2D eigenvalue weighted by Crippen LogP contribution is 2.69. The molecule has 0 heterocycles. The lowest BCUT2D eigenvalue weighted by Crippen LogP contribution is -2.19. The summed E-state index contributed by atoms with van der Waals surface area (Å²) in [6.07, 6.45) is 0.885. The van der Waals surface area contributed by atoms with Crippen molar-refractivity contribution in [1.29, 1.82) is 0 Å². The predicted octanol–water partition coefficient (Wildman–Crippen LogP) is 5.86. The molecule has 0 radical (unpaired) electrons. The van der Waals surface area contributed by atoms with Crippen LogP contribution in [0.3, 0.4) is 0 Å². The Labute approximate surface area is 141 Å².